The van der Waals surface area contributed by atoms with Crippen LogP contribution in [0, 0.1) is 0 Å². The largest absolute Gasteiger partial charge is 0.364 e. The van der Waals surface area contributed by atoms with Gasteiger partial charge in [-0.2, -0.15) is 9.97 Å². The maximum Gasteiger partial charge on any atom is 0.238 e. The van der Waals surface area contributed by atoms with Gasteiger partial charge in [0.1, 0.15) is 0 Å². The lowest BCUT2D eigenvalue weighted by Crippen LogP contribution is -2.44. The van der Waals surface area contributed by atoms with E-state index in [9.17, 15) is 0 Å². The molecule has 2 atom stereocenters. The van der Waals surface area contributed by atoms with Gasteiger partial charge in [-0.05, 0) is 73.8 Å². The molecule has 0 amide bonds. The van der Waals surface area contributed by atoms with Gasteiger partial charge in [0.2, 0.25) is 5.95 Å². The minimum absolute atomic E-state index is 0.619. The minimum atomic E-state index is 0.619. The molecule has 3 fully saturated rings. The molecule has 6 aromatic rings. The van der Waals surface area contributed by atoms with Crippen LogP contribution in [0.4, 0.5) is 5.69 Å². The summed E-state index contributed by atoms with van der Waals surface area (Å²) >= 11 is 0. The van der Waals surface area contributed by atoms with Gasteiger partial charge in [-0.15, -0.1) is 0 Å². The van der Waals surface area contributed by atoms with E-state index in [2.05, 4.69) is 100 Å². The molecule has 0 radical (unpaired) electrons. The predicted octanol–water partition coefficient (Wildman–Crippen LogP) is 11.5. The van der Waals surface area contributed by atoms with Crippen LogP contribution in [-0.2, 0) is 0 Å². The number of para-hydroxylation sites is 1. The lowest BCUT2D eigenvalue weighted by atomic mass is 9.81. The van der Waals surface area contributed by atoms with E-state index in [4.69, 9.17) is 15.0 Å². The molecular formula is C45H47N5. The Morgan fingerprint density at radius 1 is 0.540 bits per heavy atom. The fourth-order valence-electron chi connectivity index (χ4n) is 10.3. The Hall–Kier alpha value is -4.51. The second-order valence-electron chi connectivity index (χ2n) is 15.5. The lowest BCUT2D eigenvalue weighted by Gasteiger charge is -2.41. The topological polar surface area (TPSA) is 46.8 Å². The van der Waals surface area contributed by atoms with Crippen molar-refractivity contribution in [1.82, 2.24) is 19.5 Å². The maximum absolute atomic E-state index is 5.36. The van der Waals surface area contributed by atoms with Crippen molar-refractivity contribution in [3.8, 4) is 28.7 Å². The molecule has 0 N–H and O–H groups in total. The molecule has 4 aliphatic rings. The highest BCUT2D eigenvalue weighted by atomic mass is 15.2. The standard InChI is InChI=1S/C45H47N5/c1-4-15-30(16-5-1)32-19-14-20-33(29-32)44-46-43(31-17-6-2-7-18-31)47-45(48-44)50-39-26-13-11-24-37(39)41-40(50)28-27-36-35-23-10-12-25-38(35)49(42(36)41)34-21-8-3-9-22-34/h2,6-7,11,13-14,17-20,24,26-30,34-35,38H,1,3-5,8-10,12,15-16,21-23,25H2/t35-,38?/m1/s1. The SMILES string of the molecule is c1ccc(-c2nc(-c3cccc(C4CCCCC4)c3)nc(-n3c4ccccc4c4c5c(ccc43)[C@H]3CCCCC3N5C3CCCCC3)n2)cc1. The molecule has 5 nitrogen and oxygen atoms in total. The van der Waals surface area contributed by atoms with Gasteiger partial charge < -0.3 is 4.90 Å². The van der Waals surface area contributed by atoms with Crippen LogP contribution in [-0.4, -0.2) is 31.6 Å². The number of hydrogen-bond donors (Lipinski definition) is 0. The Balaban J connectivity index is 1.20. The van der Waals surface area contributed by atoms with Gasteiger partial charge >= 0.3 is 0 Å². The molecule has 2 aromatic heterocycles. The van der Waals surface area contributed by atoms with Crippen molar-refractivity contribution in [2.75, 3.05) is 4.90 Å². The molecule has 0 saturated heterocycles. The van der Waals surface area contributed by atoms with Gasteiger partial charge in [-0.3, -0.25) is 4.57 Å². The van der Waals surface area contributed by atoms with Gasteiger partial charge in [0, 0.05) is 39.9 Å². The smallest absolute Gasteiger partial charge is 0.238 e. The number of benzene rings is 4. The molecule has 0 bridgehead atoms. The predicted molar refractivity (Wildman–Crippen MR) is 205 cm³/mol. The summed E-state index contributed by atoms with van der Waals surface area (Å²) in [7, 11) is 0. The molecule has 50 heavy (non-hydrogen) atoms. The van der Waals surface area contributed by atoms with E-state index in [1.165, 1.54) is 123 Å². The van der Waals surface area contributed by atoms with Gasteiger partial charge in [-0.1, -0.05) is 124 Å². The highest BCUT2D eigenvalue weighted by Gasteiger charge is 2.44. The Morgan fingerprint density at radius 3 is 2.08 bits per heavy atom. The molecule has 3 heterocycles. The summed E-state index contributed by atoms with van der Waals surface area (Å²) in [4.78, 5) is 18.8. The third-order valence-corrected chi connectivity index (χ3v) is 12.6. The van der Waals surface area contributed by atoms with E-state index in [0.29, 0.717) is 29.9 Å². The third kappa shape index (κ3) is 5.07. The highest BCUT2D eigenvalue weighted by molar-refractivity contribution is 6.16. The van der Waals surface area contributed by atoms with Crippen molar-refractivity contribution in [2.24, 2.45) is 0 Å². The zero-order chi connectivity index (χ0) is 33.0. The molecule has 4 aromatic carbocycles. The second kappa shape index (κ2) is 12.7. The van der Waals surface area contributed by atoms with Crippen molar-refractivity contribution in [2.45, 2.75) is 114 Å². The number of aromatic nitrogens is 4. The van der Waals surface area contributed by atoms with Crippen molar-refractivity contribution >= 4 is 27.5 Å². The van der Waals surface area contributed by atoms with Crippen molar-refractivity contribution in [3.05, 3.63) is 102 Å². The molecule has 1 unspecified atom stereocenters. The van der Waals surface area contributed by atoms with Gasteiger partial charge in [-0.25, -0.2) is 4.98 Å². The fraction of sp³-hybridized carbons (Fsp3) is 0.400. The summed E-state index contributed by atoms with van der Waals surface area (Å²) in [5, 5.41) is 2.70. The first-order valence-corrected chi connectivity index (χ1v) is 19.6. The zero-order valence-electron chi connectivity index (χ0n) is 29.1. The number of nitrogens with zero attached hydrogens (tertiary/aromatic N) is 5. The number of fused-ring (bicyclic) bond motifs is 7. The van der Waals surface area contributed by atoms with Gasteiger partial charge in [0.05, 0.1) is 16.7 Å². The molecule has 3 aliphatic carbocycles. The van der Waals surface area contributed by atoms with Gasteiger partial charge in [0.15, 0.2) is 11.6 Å². The normalized spacial score (nSPS) is 21.5. The lowest BCUT2D eigenvalue weighted by molar-refractivity contribution is 0.331. The van der Waals surface area contributed by atoms with E-state index >= 15 is 0 Å². The zero-order valence-corrected chi connectivity index (χ0v) is 29.1. The van der Waals surface area contributed by atoms with E-state index in [1.54, 1.807) is 5.56 Å². The summed E-state index contributed by atoms with van der Waals surface area (Å²) in [6.07, 6.45) is 18.6. The summed E-state index contributed by atoms with van der Waals surface area (Å²) in [6.45, 7) is 0. The van der Waals surface area contributed by atoms with Crippen molar-refractivity contribution in [3.63, 3.8) is 0 Å². The van der Waals surface area contributed by atoms with Crippen molar-refractivity contribution < 1.29 is 0 Å². The Bertz CT molecular complexity index is 2170. The summed E-state index contributed by atoms with van der Waals surface area (Å²) in [6, 6.07) is 34.6. The van der Waals surface area contributed by atoms with Crippen molar-refractivity contribution in [1.29, 1.82) is 0 Å². The van der Waals surface area contributed by atoms with E-state index in [-0.39, 0.29) is 0 Å². The fourth-order valence-corrected chi connectivity index (χ4v) is 10.3. The summed E-state index contributed by atoms with van der Waals surface area (Å²) in [5.74, 6) is 3.41. The van der Waals surface area contributed by atoms with Crippen LogP contribution >= 0.6 is 0 Å². The minimum Gasteiger partial charge on any atom is -0.364 e. The molecule has 10 rings (SSSR count). The van der Waals surface area contributed by atoms with E-state index in [1.807, 2.05) is 0 Å². The van der Waals surface area contributed by atoms with Crippen LogP contribution in [0.25, 0.3) is 50.5 Å². The van der Waals surface area contributed by atoms with Crippen LogP contribution in [0.1, 0.15) is 113 Å². The number of rotatable bonds is 5. The summed E-state index contributed by atoms with van der Waals surface area (Å²) in [5.41, 5.74) is 8.97. The molecular weight excluding hydrogens is 611 g/mol. The number of hydrogen-bond acceptors (Lipinski definition) is 4. The van der Waals surface area contributed by atoms with Gasteiger partial charge in [0.25, 0.3) is 0 Å². The monoisotopic (exact) mass is 657 g/mol. The summed E-state index contributed by atoms with van der Waals surface area (Å²) < 4.78 is 2.34. The maximum atomic E-state index is 5.36. The van der Waals surface area contributed by atoms with E-state index < -0.39 is 0 Å². The first-order chi connectivity index (χ1) is 24.8. The molecule has 0 spiro atoms. The average Bonchev–Trinajstić information content (AvgIpc) is 3.72. The Kier molecular flexibility index (Phi) is 7.69. The quantitative estimate of drug-likeness (QED) is 0.185. The van der Waals surface area contributed by atoms with Crippen LogP contribution < -0.4 is 4.90 Å². The average molecular weight is 658 g/mol. The first-order valence-electron chi connectivity index (χ1n) is 19.6. The van der Waals surface area contributed by atoms with Crippen LogP contribution in [0.3, 0.4) is 0 Å². The highest BCUT2D eigenvalue weighted by Crippen LogP contribution is 2.54. The second-order valence-corrected chi connectivity index (χ2v) is 15.5. The van der Waals surface area contributed by atoms with E-state index in [0.717, 1.165) is 22.8 Å². The molecule has 5 heteroatoms. The first kappa shape index (κ1) is 30.3. The Labute approximate surface area is 295 Å². The molecule has 3 saturated carbocycles. The van der Waals surface area contributed by atoms with Crippen LogP contribution in [0.15, 0.2) is 91.0 Å². The third-order valence-electron chi connectivity index (χ3n) is 12.6. The number of anilines is 1. The molecule has 1 aliphatic heterocycles. The van der Waals surface area contributed by atoms with Crippen LogP contribution in [0.5, 0.6) is 0 Å². The molecule has 252 valence electrons. The Morgan fingerprint density at radius 2 is 1.24 bits per heavy atom. The van der Waals surface area contributed by atoms with Crippen LogP contribution in [0.2, 0.25) is 0 Å².